The van der Waals surface area contributed by atoms with Gasteiger partial charge in [0.15, 0.2) is 0 Å². The van der Waals surface area contributed by atoms with E-state index in [1.807, 2.05) is 27.9 Å². The van der Waals surface area contributed by atoms with Gasteiger partial charge in [-0.3, -0.25) is 9.59 Å². The van der Waals surface area contributed by atoms with Crippen molar-refractivity contribution in [3.05, 3.63) is 0 Å². The highest BCUT2D eigenvalue weighted by molar-refractivity contribution is 5.73. The van der Waals surface area contributed by atoms with Gasteiger partial charge in [-0.25, -0.2) is 0 Å². The molecule has 0 aliphatic rings. The van der Waals surface area contributed by atoms with E-state index in [0.717, 1.165) is 45.1 Å². The van der Waals surface area contributed by atoms with Crippen LogP contribution in [0.2, 0.25) is 0 Å². The fraction of sp³-hybridized carbons (Fsp3) is 0.941. The highest BCUT2D eigenvalue weighted by atomic mass is 16.6. The van der Waals surface area contributed by atoms with E-state index in [0.29, 0.717) is 0 Å². The monoisotopic (exact) mass is 554 g/mol. The molecule has 0 aliphatic heterocycles. The van der Waals surface area contributed by atoms with Crippen LogP contribution in [0.3, 0.4) is 0 Å². The molecule has 0 rings (SSSR count). The third kappa shape index (κ3) is 24.4. The largest absolute Gasteiger partial charge is 0.462 e. The van der Waals surface area contributed by atoms with Gasteiger partial charge in [0.1, 0.15) is 12.7 Å². The fourth-order valence-corrected chi connectivity index (χ4v) is 4.91. The second kappa shape index (κ2) is 27.1. The smallest absolute Gasteiger partial charge is 0.309 e. The Hall–Kier alpha value is -1.10. The van der Waals surface area contributed by atoms with Crippen molar-refractivity contribution in [2.75, 3.05) is 27.2 Å². The minimum Gasteiger partial charge on any atom is -0.462 e. The number of rotatable bonds is 28. The maximum Gasteiger partial charge on any atom is 0.309 e. The Bertz CT molecular complexity index is 565. The molecule has 5 nitrogen and oxygen atoms in total. The predicted octanol–water partition coefficient (Wildman–Crippen LogP) is 9.51. The molecule has 0 heterocycles. The summed E-state index contributed by atoms with van der Waals surface area (Å²) < 4.78 is 11.5. The molecule has 0 spiro atoms. The van der Waals surface area contributed by atoms with E-state index in [-0.39, 0.29) is 36.5 Å². The average Bonchev–Trinajstić information content (AvgIpc) is 2.92. The molecule has 3 atom stereocenters. The second-order valence-corrected chi connectivity index (χ2v) is 12.3. The molecule has 0 radical (unpaired) electrons. The van der Waals surface area contributed by atoms with Crippen molar-refractivity contribution in [1.29, 1.82) is 0 Å². The third-order valence-corrected chi connectivity index (χ3v) is 7.88. The van der Waals surface area contributed by atoms with E-state index in [9.17, 15) is 9.59 Å². The molecule has 0 aromatic heterocycles. The SMILES string of the molecule is CCCCCCCCCCCCCCC(C)C(=O)OCC(CCCCCCCC)OC(=O)C(C)CCN(C)C. The number of carbonyl (C=O) groups excluding carboxylic acids is 2. The summed E-state index contributed by atoms with van der Waals surface area (Å²) in [6.45, 7) is 9.42. The lowest BCUT2D eigenvalue weighted by atomic mass is 10.0. The first-order valence-corrected chi connectivity index (χ1v) is 16.8. The zero-order chi connectivity index (χ0) is 29.1. The molecule has 0 bridgehead atoms. The van der Waals surface area contributed by atoms with E-state index >= 15 is 0 Å². The number of hydrogen-bond donors (Lipinski definition) is 0. The molecule has 39 heavy (non-hydrogen) atoms. The van der Waals surface area contributed by atoms with Crippen LogP contribution in [-0.2, 0) is 19.1 Å². The summed E-state index contributed by atoms with van der Waals surface area (Å²) in [5.41, 5.74) is 0. The van der Waals surface area contributed by atoms with Gasteiger partial charge in [0.05, 0.1) is 11.8 Å². The summed E-state index contributed by atoms with van der Waals surface area (Å²) in [6, 6.07) is 0. The molecular formula is C34H67NO4. The van der Waals surface area contributed by atoms with Gasteiger partial charge in [0.2, 0.25) is 0 Å². The Morgan fingerprint density at radius 1 is 0.564 bits per heavy atom. The molecule has 0 saturated carbocycles. The molecule has 0 aliphatic carbocycles. The molecule has 0 amide bonds. The quantitative estimate of drug-likeness (QED) is 0.0713. The average molecular weight is 554 g/mol. The van der Waals surface area contributed by atoms with Crippen LogP contribution in [0, 0.1) is 11.8 Å². The van der Waals surface area contributed by atoms with Crippen LogP contribution >= 0.6 is 0 Å². The van der Waals surface area contributed by atoms with E-state index in [2.05, 4.69) is 18.7 Å². The van der Waals surface area contributed by atoms with Crippen molar-refractivity contribution in [3.8, 4) is 0 Å². The molecule has 0 saturated heterocycles. The van der Waals surface area contributed by atoms with Gasteiger partial charge in [-0.2, -0.15) is 0 Å². The molecule has 0 aromatic carbocycles. The van der Waals surface area contributed by atoms with Gasteiger partial charge in [-0.1, -0.05) is 137 Å². The molecular weight excluding hydrogens is 486 g/mol. The van der Waals surface area contributed by atoms with Crippen LogP contribution in [0.25, 0.3) is 0 Å². The van der Waals surface area contributed by atoms with Gasteiger partial charge >= 0.3 is 11.9 Å². The van der Waals surface area contributed by atoms with Crippen LogP contribution in [-0.4, -0.2) is 50.2 Å². The highest BCUT2D eigenvalue weighted by Crippen LogP contribution is 2.17. The van der Waals surface area contributed by atoms with Gasteiger partial charge in [-0.15, -0.1) is 0 Å². The third-order valence-electron chi connectivity index (χ3n) is 7.88. The topological polar surface area (TPSA) is 55.8 Å². The molecule has 0 aromatic rings. The summed E-state index contributed by atoms with van der Waals surface area (Å²) >= 11 is 0. The van der Waals surface area contributed by atoms with Crippen LogP contribution < -0.4 is 0 Å². The Morgan fingerprint density at radius 2 is 0.974 bits per heavy atom. The zero-order valence-corrected chi connectivity index (χ0v) is 27.1. The van der Waals surface area contributed by atoms with E-state index < -0.39 is 0 Å². The Balaban J connectivity index is 4.25. The number of nitrogens with zero attached hydrogens (tertiary/aromatic N) is 1. The van der Waals surface area contributed by atoms with Crippen molar-refractivity contribution < 1.29 is 19.1 Å². The lowest BCUT2D eigenvalue weighted by Gasteiger charge is -2.22. The summed E-state index contributed by atoms with van der Waals surface area (Å²) in [5.74, 6) is -0.575. The number of hydrogen-bond acceptors (Lipinski definition) is 5. The summed E-state index contributed by atoms with van der Waals surface area (Å²) in [7, 11) is 4.02. The predicted molar refractivity (Wildman–Crippen MR) is 166 cm³/mol. The van der Waals surface area contributed by atoms with Crippen molar-refractivity contribution in [2.45, 2.75) is 169 Å². The Morgan fingerprint density at radius 3 is 1.44 bits per heavy atom. The van der Waals surface area contributed by atoms with Crippen molar-refractivity contribution in [3.63, 3.8) is 0 Å². The van der Waals surface area contributed by atoms with Crippen molar-refractivity contribution >= 4 is 11.9 Å². The molecule has 3 unspecified atom stereocenters. The van der Waals surface area contributed by atoms with Gasteiger partial charge in [0, 0.05) is 0 Å². The summed E-state index contributed by atoms with van der Waals surface area (Å²) in [6.07, 6.45) is 25.0. The first kappa shape index (κ1) is 37.9. The minimum atomic E-state index is -0.340. The van der Waals surface area contributed by atoms with Crippen LogP contribution in [0.4, 0.5) is 0 Å². The molecule has 0 fully saturated rings. The molecule has 0 N–H and O–H groups in total. The van der Waals surface area contributed by atoms with E-state index in [1.54, 1.807) is 0 Å². The van der Waals surface area contributed by atoms with Gasteiger partial charge in [0.25, 0.3) is 0 Å². The lowest BCUT2D eigenvalue weighted by Crippen LogP contribution is -2.30. The molecule has 232 valence electrons. The van der Waals surface area contributed by atoms with E-state index in [4.69, 9.17) is 9.47 Å². The highest BCUT2D eigenvalue weighted by Gasteiger charge is 2.22. The van der Waals surface area contributed by atoms with Crippen LogP contribution in [0.5, 0.6) is 0 Å². The first-order valence-electron chi connectivity index (χ1n) is 16.8. The first-order chi connectivity index (χ1) is 18.8. The van der Waals surface area contributed by atoms with Gasteiger partial charge in [-0.05, 0) is 46.3 Å². The zero-order valence-electron chi connectivity index (χ0n) is 27.1. The number of carbonyl (C=O) groups is 2. The maximum absolute atomic E-state index is 12.7. The standard InChI is InChI=1S/C34H67NO4/c1-7-9-11-13-15-16-17-18-19-20-21-23-25-30(3)33(36)38-29-32(26-24-22-14-12-10-8-2)39-34(37)31(4)27-28-35(5)6/h30-32H,7-29H2,1-6H3. The Kier molecular flexibility index (Phi) is 26.3. The van der Waals surface area contributed by atoms with Crippen molar-refractivity contribution in [1.82, 2.24) is 4.90 Å². The number of ether oxygens (including phenoxy) is 2. The number of esters is 2. The second-order valence-electron chi connectivity index (χ2n) is 12.3. The van der Waals surface area contributed by atoms with Crippen LogP contribution in [0.15, 0.2) is 0 Å². The Labute approximate surface area is 243 Å². The lowest BCUT2D eigenvalue weighted by molar-refractivity contribution is -0.164. The summed E-state index contributed by atoms with van der Waals surface area (Å²) in [5, 5.41) is 0. The maximum atomic E-state index is 12.7. The normalized spacial score (nSPS) is 13.8. The summed E-state index contributed by atoms with van der Waals surface area (Å²) in [4.78, 5) is 27.4. The van der Waals surface area contributed by atoms with Crippen LogP contribution in [0.1, 0.15) is 163 Å². The minimum absolute atomic E-state index is 0.0995. The van der Waals surface area contributed by atoms with Gasteiger partial charge < -0.3 is 14.4 Å². The molecule has 5 heteroatoms. The fourth-order valence-electron chi connectivity index (χ4n) is 4.91. The number of unbranched alkanes of at least 4 members (excludes halogenated alkanes) is 16. The van der Waals surface area contributed by atoms with Crippen molar-refractivity contribution in [2.24, 2.45) is 11.8 Å². The van der Waals surface area contributed by atoms with E-state index in [1.165, 1.54) is 96.3 Å².